The molecule has 1 fully saturated rings. The number of ether oxygens (including phenoxy) is 2. The fourth-order valence-electron chi connectivity index (χ4n) is 2.52. The number of esters is 1. The van der Waals surface area contributed by atoms with Gasteiger partial charge in [-0.1, -0.05) is 19.1 Å². The van der Waals surface area contributed by atoms with E-state index < -0.39 is 5.97 Å². The molecule has 0 amide bonds. The Kier molecular flexibility index (Phi) is 5.11. The summed E-state index contributed by atoms with van der Waals surface area (Å²) in [4.78, 5) is 11.9. The average molecular weight is 281 g/mol. The van der Waals surface area contributed by atoms with Crippen molar-refractivity contribution in [1.82, 2.24) is 15.0 Å². The molecular weight excluding hydrogens is 258 g/mol. The van der Waals surface area contributed by atoms with E-state index in [4.69, 9.17) is 9.47 Å². The van der Waals surface area contributed by atoms with E-state index in [0.717, 1.165) is 25.1 Å². The maximum absolute atomic E-state index is 11.9. The van der Waals surface area contributed by atoms with E-state index in [1.807, 2.05) is 13.8 Å². The second kappa shape index (κ2) is 6.83. The fourth-order valence-corrected chi connectivity index (χ4v) is 2.52. The molecule has 0 aliphatic carbocycles. The van der Waals surface area contributed by atoms with Crippen LogP contribution in [0.2, 0.25) is 0 Å². The molecule has 6 heteroatoms. The van der Waals surface area contributed by atoms with Crippen molar-refractivity contribution in [1.29, 1.82) is 0 Å². The first-order valence-corrected chi connectivity index (χ1v) is 7.35. The molecule has 0 N–H and O–H groups in total. The van der Waals surface area contributed by atoms with Crippen LogP contribution in [0.15, 0.2) is 0 Å². The summed E-state index contributed by atoms with van der Waals surface area (Å²) in [6.07, 6.45) is 3.50. The number of hydrogen-bond acceptors (Lipinski definition) is 5. The smallest absolute Gasteiger partial charge is 0.360 e. The van der Waals surface area contributed by atoms with Crippen molar-refractivity contribution in [3.05, 3.63) is 11.4 Å². The van der Waals surface area contributed by atoms with Crippen molar-refractivity contribution in [2.45, 2.75) is 58.6 Å². The van der Waals surface area contributed by atoms with Crippen LogP contribution < -0.4 is 0 Å². The Morgan fingerprint density at radius 2 is 2.30 bits per heavy atom. The van der Waals surface area contributed by atoms with Crippen molar-refractivity contribution in [2.24, 2.45) is 0 Å². The number of rotatable bonds is 5. The summed E-state index contributed by atoms with van der Waals surface area (Å²) in [5.41, 5.74) is 1.16. The molecule has 1 aliphatic rings. The standard InChI is InChI=1S/C14H23N3O3/c1-4-19-14(18)12-13(10(2)3)17(16-15-12)9-11-7-5-6-8-20-11/h10-11H,4-9H2,1-3H3. The highest BCUT2D eigenvalue weighted by Gasteiger charge is 2.25. The van der Waals surface area contributed by atoms with E-state index >= 15 is 0 Å². The van der Waals surface area contributed by atoms with Gasteiger partial charge >= 0.3 is 5.97 Å². The molecule has 1 unspecified atom stereocenters. The Bertz CT molecular complexity index is 451. The van der Waals surface area contributed by atoms with Gasteiger partial charge < -0.3 is 9.47 Å². The maximum atomic E-state index is 11.9. The van der Waals surface area contributed by atoms with E-state index in [1.54, 1.807) is 11.6 Å². The molecule has 0 radical (unpaired) electrons. The predicted molar refractivity (Wildman–Crippen MR) is 73.7 cm³/mol. The number of hydrogen-bond donors (Lipinski definition) is 0. The van der Waals surface area contributed by atoms with Gasteiger partial charge in [0.1, 0.15) is 0 Å². The third-order valence-corrected chi connectivity index (χ3v) is 3.44. The Morgan fingerprint density at radius 3 is 2.90 bits per heavy atom. The Labute approximate surface area is 119 Å². The van der Waals surface area contributed by atoms with Crippen molar-refractivity contribution < 1.29 is 14.3 Å². The van der Waals surface area contributed by atoms with Crippen molar-refractivity contribution in [2.75, 3.05) is 13.2 Å². The molecule has 20 heavy (non-hydrogen) atoms. The lowest BCUT2D eigenvalue weighted by Crippen LogP contribution is -2.26. The Balaban J connectivity index is 2.17. The zero-order valence-electron chi connectivity index (χ0n) is 12.5. The number of carbonyl (C=O) groups excluding carboxylic acids is 1. The van der Waals surface area contributed by atoms with Gasteiger partial charge in [-0.3, -0.25) is 0 Å². The van der Waals surface area contributed by atoms with Crippen molar-refractivity contribution in [3.63, 3.8) is 0 Å². The monoisotopic (exact) mass is 281 g/mol. The van der Waals surface area contributed by atoms with Gasteiger partial charge in [-0.25, -0.2) is 9.48 Å². The van der Waals surface area contributed by atoms with Crippen LogP contribution >= 0.6 is 0 Å². The highest BCUT2D eigenvalue weighted by atomic mass is 16.5. The zero-order valence-corrected chi connectivity index (χ0v) is 12.5. The third kappa shape index (κ3) is 3.36. The summed E-state index contributed by atoms with van der Waals surface area (Å²) < 4.78 is 12.6. The van der Waals surface area contributed by atoms with Gasteiger partial charge in [-0.05, 0) is 32.1 Å². The highest BCUT2D eigenvalue weighted by molar-refractivity contribution is 5.88. The van der Waals surface area contributed by atoms with E-state index in [2.05, 4.69) is 10.3 Å². The molecule has 1 aromatic heterocycles. The first-order valence-electron chi connectivity index (χ1n) is 7.35. The first-order chi connectivity index (χ1) is 9.63. The molecule has 1 saturated heterocycles. The van der Waals surface area contributed by atoms with Crippen LogP contribution in [0.3, 0.4) is 0 Å². The van der Waals surface area contributed by atoms with Crippen LogP contribution in [0.25, 0.3) is 0 Å². The van der Waals surface area contributed by atoms with E-state index in [0.29, 0.717) is 18.8 Å². The van der Waals surface area contributed by atoms with Gasteiger partial charge in [0, 0.05) is 6.61 Å². The number of nitrogens with zero attached hydrogens (tertiary/aromatic N) is 3. The quantitative estimate of drug-likeness (QED) is 0.774. The van der Waals surface area contributed by atoms with Crippen LogP contribution in [0.5, 0.6) is 0 Å². The molecule has 1 atom stereocenters. The minimum Gasteiger partial charge on any atom is -0.461 e. The van der Waals surface area contributed by atoms with Crippen LogP contribution in [0, 0.1) is 0 Å². The van der Waals surface area contributed by atoms with Gasteiger partial charge in [-0.2, -0.15) is 0 Å². The second-order valence-corrected chi connectivity index (χ2v) is 5.37. The van der Waals surface area contributed by atoms with Gasteiger partial charge in [0.25, 0.3) is 0 Å². The molecule has 6 nitrogen and oxygen atoms in total. The van der Waals surface area contributed by atoms with Crippen molar-refractivity contribution >= 4 is 5.97 Å². The molecule has 0 spiro atoms. The summed E-state index contributed by atoms with van der Waals surface area (Å²) in [6.45, 7) is 7.64. The van der Waals surface area contributed by atoms with Crippen LogP contribution in [-0.4, -0.2) is 40.3 Å². The summed E-state index contributed by atoms with van der Waals surface area (Å²) in [5, 5.41) is 8.12. The van der Waals surface area contributed by atoms with Crippen LogP contribution in [-0.2, 0) is 16.0 Å². The predicted octanol–water partition coefficient (Wildman–Crippen LogP) is 2.15. The normalized spacial score (nSPS) is 19.3. The van der Waals surface area contributed by atoms with Gasteiger partial charge in [0.15, 0.2) is 5.69 Å². The molecule has 0 saturated carbocycles. The Morgan fingerprint density at radius 1 is 1.50 bits per heavy atom. The molecule has 0 aromatic carbocycles. The SMILES string of the molecule is CCOC(=O)c1nnn(CC2CCCCO2)c1C(C)C. The van der Waals surface area contributed by atoms with Gasteiger partial charge in [0.2, 0.25) is 0 Å². The third-order valence-electron chi connectivity index (χ3n) is 3.44. The summed E-state index contributed by atoms with van der Waals surface area (Å²) >= 11 is 0. The number of aromatic nitrogens is 3. The van der Waals surface area contributed by atoms with E-state index in [9.17, 15) is 4.79 Å². The molecule has 2 heterocycles. The molecule has 2 rings (SSSR count). The summed E-state index contributed by atoms with van der Waals surface area (Å²) in [6, 6.07) is 0. The minimum absolute atomic E-state index is 0.160. The lowest BCUT2D eigenvalue weighted by molar-refractivity contribution is 0.00309. The molecule has 112 valence electrons. The van der Waals surface area contributed by atoms with Gasteiger partial charge in [-0.15, -0.1) is 5.10 Å². The first kappa shape index (κ1) is 15.0. The van der Waals surface area contributed by atoms with E-state index in [-0.39, 0.29) is 12.0 Å². The largest absolute Gasteiger partial charge is 0.461 e. The lowest BCUT2D eigenvalue weighted by atomic mass is 10.1. The summed E-state index contributed by atoms with van der Waals surface area (Å²) in [5.74, 6) is -0.236. The minimum atomic E-state index is -0.396. The van der Waals surface area contributed by atoms with Gasteiger partial charge in [0.05, 0.1) is 24.9 Å². The number of carbonyl (C=O) groups is 1. The molecular formula is C14H23N3O3. The van der Waals surface area contributed by atoms with Crippen LogP contribution in [0.1, 0.15) is 62.1 Å². The fraction of sp³-hybridized carbons (Fsp3) is 0.786. The lowest BCUT2D eigenvalue weighted by Gasteiger charge is -2.23. The maximum Gasteiger partial charge on any atom is 0.360 e. The second-order valence-electron chi connectivity index (χ2n) is 5.37. The average Bonchev–Trinajstić information content (AvgIpc) is 2.84. The topological polar surface area (TPSA) is 66.2 Å². The molecule has 0 bridgehead atoms. The van der Waals surface area contributed by atoms with Crippen molar-refractivity contribution in [3.8, 4) is 0 Å². The highest BCUT2D eigenvalue weighted by Crippen LogP contribution is 2.21. The zero-order chi connectivity index (χ0) is 14.5. The van der Waals surface area contributed by atoms with Crippen LogP contribution in [0.4, 0.5) is 0 Å². The summed E-state index contributed by atoms with van der Waals surface area (Å²) in [7, 11) is 0. The van der Waals surface area contributed by atoms with E-state index in [1.165, 1.54) is 6.42 Å². The molecule has 1 aliphatic heterocycles. The molecule has 1 aromatic rings. The Hall–Kier alpha value is -1.43.